The maximum atomic E-state index is 11.8. The van der Waals surface area contributed by atoms with E-state index in [2.05, 4.69) is 4.98 Å². The lowest BCUT2D eigenvalue weighted by Gasteiger charge is -2.06. The van der Waals surface area contributed by atoms with E-state index in [4.69, 9.17) is 5.11 Å². The van der Waals surface area contributed by atoms with Crippen LogP contribution in [0.5, 0.6) is 0 Å². The van der Waals surface area contributed by atoms with Gasteiger partial charge < -0.3 is 5.11 Å². The van der Waals surface area contributed by atoms with E-state index in [1.54, 1.807) is 18.2 Å². The number of ketones is 1. The van der Waals surface area contributed by atoms with Crippen LogP contribution < -0.4 is 0 Å². The average Bonchev–Trinajstić information content (AvgIpc) is 2.37. The van der Waals surface area contributed by atoms with E-state index in [0.717, 1.165) is 22.5 Å². The number of nitrogens with zero attached hydrogens (tertiary/aromatic N) is 1. The van der Waals surface area contributed by atoms with Crippen molar-refractivity contribution in [1.82, 2.24) is 4.98 Å². The van der Waals surface area contributed by atoms with E-state index in [0.29, 0.717) is 5.56 Å². The van der Waals surface area contributed by atoms with Crippen LogP contribution in [-0.2, 0) is 4.79 Å². The van der Waals surface area contributed by atoms with Gasteiger partial charge in [0.1, 0.15) is 6.42 Å². The molecule has 0 fully saturated rings. The number of aromatic nitrogens is 1. The Labute approximate surface area is 117 Å². The number of Topliss-reactive ketones (excluding diaryl/α,β-unsaturated/α-hetero) is 1. The smallest absolute Gasteiger partial charge is 0.311 e. The summed E-state index contributed by atoms with van der Waals surface area (Å²) in [6.45, 7) is 3.83. The van der Waals surface area contributed by atoms with Crippen LogP contribution >= 0.6 is 0 Å². The van der Waals surface area contributed by atoms with Crippen LogP contribution in [0.2, 0.25) is 0 Å². The van der Waals surface area contributed by atoms with Crippen LogP contribution in [0, 0.1) is 13.8 Å². The highest BCUT2D eigenvalue weighted by atomic mass is 16.4. The zero-order chi connectivity index (χ0) is 14.7. The van der Waals surface area contributed by atoms with Crippen LogP contribution in [0.25, 0.3) is 11.1 Å². The maximum Gasteiger partial charge on any atom is 0.311 e. The number of aliphatic carboxylic acids is 1. The largest absolute Gasteiger partial charge is 0.481 e. The molecule has 102 valence electrons. The zero-order valence-electron chi connectivity index (χ0n) is 11.4. The van der Waals surface area contributed by atoms with Crippen molar-refractivity contribution >= 4 is 11.8 Å². The van der Waals surface area contributed by atoms with Gasteiger partial charge in [-0.15, -0.1) is 0 Å². The monoisotopic (exact) mass is 269 g/mol. The second kappa shape index (κ2) is 5.65. The first-order valence-electron chi connectivity index (χ1n) is 6.26. The Morgan fingerprint density at radius 1 is 1.05 bits per heavy atom. The zero-order valence-corrected chi connectivity index (χ0v) is 11.4. The second-order valence-electron chi connectivity index (χ2n) is 4.71. The van der Waals surface area contributed by atoms with Crippen LogP contribution in [-0.4, -0.2) is 21.8 Å². The lowest BCUT2D eigenvalue weighted by molar-refractivity contribution is -0.135. The summed E-state index contributed by atoms with van der Waals surface area (Å²) in [5, 5.41) is 8.68. The molecule has 4 heteroatoms. The number of rotatable bonds is 4. The first kappa shape index (κ1) is 13.9. The molecule has 0 bridgehead atoms. The number of carboxylic acids is 1. The van der Waals surface area contributed by atoms with Crippen LogP contribution in [0.15, 0.2) is 36.4 Å². The van der Waals surface area contributed by atoms with E-state index < -0.39 is 12.4 Å². The summed E-state index contributed by atoms with van der Waals surface area (Å²) < 4.78 is 0. The lowest BCUT2D eigenvalue weighted by atomic mass is 10.00. The predicted octanol–water partition coefficient (Wildman–Crippen LogP) is 3.02. The van der Waals surface area contributed by atoms with Gasteiger partial charge in [-0.25, -0.2) is 0 Å². The number of aryl methyl sites for hydroxylation is 2. The second-order valence-corrected chi connectivity index (χ2v) is 4.71. The van der Waals surface area contributed by atoms with E-state index >= 15 is 0 Å². The Morgan fingerprint density at radius 2 is 1.70 bits per heavy atom. The summed E-state index contributed by atoms with van der Waals surface area (Å²) in [5.74, 6) is -1.50. The molecule has 2 rings (SSSR count). The van der Waals surface area contributed by atoms with Gasteiger partial charge in [-0.05, 0) is 43.2 Å². The molecule has 0 aliphatic heterocycles. The number of pyridine rings is 1. The highest BCUT2D eigenvalue weighted by molar-refractivity contribution is 6.06. The molecule has 2 aromatic rings. The summed E-state index contributed by atoms with van der Waals surface area (Å²) in [5.41, 5.74) is 4.08. The first-order valence-corrected chi connectivity index (χ1v) is 6.26. The molecule has 1 aromatic carbocycles. The molecule has 1 aromatic heterocycles. The molecule has 4 nitrogen and oxygen atoms in total. The van der Waals surface area contributed by atoms with Gasteiger partial charge in [-0.1, -0.05) is 18.2 Å². The fraction of sp³-hybridized carbons (Fsp3) is 0.188. The van der Waals surface area contributed by atoms with Crippen molar-refractivity contribution in [2.24, 2.45) is 0 Å². The molecule has 20 heavy (non-hydrogen) atoms. The quantitative estimate of drug-likeness (QED) is 0.684. The van der Waals surface area contributed by atoms with Crippen molar-refractivity contribution in [3.63, 3.8) is 0 Å². The van der Waals surface area contributed by atoms with E-state index in [1.807, 2.05) is 32.0 Å². The Bertz CT molecular complexity index is 657. The molecule has 0 saturated heterocycles. The Kier molecular flexibility index (Phi) is 3.94. The van der Waals surface area contributed by atoms with Crippen molar-refractivity contribution in [3.8, 4) is 11.1 Å². The SMILES string of the molecule is Cc1cc(-c2cccc(C(=O)CC(=O)O)c2)cc(C)n1. The predicted molar refractivity (Wildman–Crippen MR) is 75.7 cm³/mol. The normalized spacial score (nSPS) is 10.3. The van der Waals surface area contributed by atoms with Gasteiger partial charge in [0.2, 0.25) is 0 Å². The van der Waals surface area contributed by atoms with Crippen molar-refractivity contribution in [2.45, 2.75) is 20.3 Å². The minimum Gasteiger partial charge on any atom is -0.481 e. The summed E-state index contributed by atoms with van der Waals surface area (Å²) in [6, 6.07) is 10.9. The molecular formula is C16H15NO3. The van der Waals surface area contributed by atoms with E-state index in [1.165, 1.54) is 0 Å². The molecule has 1 N–H and O–H groups in total. The number of carbonyl (C=O) groups is 2. The summed E-state index contributed by atoms with van der Waals surface area (Å²) >= 11 is 0. The number of hydrogen-bond acceptors (Lipinski definition) is 3. The molecule has 0 radical (unpaired) electrons. The fourth-order valence-electron chi connectivity index (χ4n) is 2.11. The van der Waals surface area contributed by atoms with E-state index in [9.17, 15) is 9.59 Å². The molecule has 0 unspecified atom stereocenters. The number of benzene rings is 1. The Balaban J connectivity index is 2.39. The molecule has 0 aliphatic carbocycles. The third-order valence-electron chi connectivity index (χ3n) is 2.91. The maximum absolute atomic E-state index is 11.8. The Hall–Kier alpha value is -2.49. The molecule has 0 aliphatic rings. The highest BCUT2D eigenvalue weighted by Gasteiger charge is 2.11. The highest BCUT2D eigenvalue weighted by Crippen LogP contribution is 2.22. The molecule has 1 heterocycles. The molecule has 0 spiro atoms. The van der Waals surface area contributed by atoms with Gasteiger partial charge in [0, 0.05) is 17.0 Å². The minimum absolute atomic E-state index is 0.387. The van der Waals surface area contributed by atoms with Crippen molar-refractivity contribution in [1.29, 1.82) is 0 Å². The summed E-state index contributed by atoms with van der Waals surface area (Å²) in [4.78, 5) is 26.7. The molecular weight excluding hydrogens is 254 g/mol. The third kappa shape index (κ3) is 3.29. The van der Waals surface area contributed by atoms with Gasteiger partial charge in [0.15, 0.2) is 5.78 Å². The fourth-order valence-corrected chi connectivity index (χ4v) is 2.11. The topological polar surface area (TPSA) is 67.3 Å². The third-order valence-corrected chi connectivity index (χ3v) is 2.91. The van der Waals surface area contributed by atoms with E-state index in [-0.39, 0.29) is 5.78 Å². The van der Waals surface area contributed by atoms with Crippen LogP contribution in [0.1, 0.15) is 28.2 Å². The molecule has 0 amide bonds. The summed E-state index contributed by atoms with van der Waals surface area (Å²) in [6.07, 6.45) is -0.488. The number of hydrogen-bond donors (Lipinski definition) is 1. The summed E-state index contributed by atoms with van der Waals surface area (Å²) in [7, 11) is 0. The van der Waals surface area contributed by atoms with Crippen LogP contribution in [0.3, 0.4) is 0 Å². The lowest BCUT2D eigenvalue weighted by Crippen LogP contribution is -2.06. The Morgan fingerprint density at radius 3 is 2.30 bits per heavy atom. The van der Waals surface area contributed by atoms with Crippen molar-refractivity contribution in [2.75, 3.05) is 0 Å². The van der Waals surface area contributed by atoms with Gasteiger partial charge >= 0.3 is 5.97 Å². The average molecular weight is 269 g/mol. The number of carboxylic acid groups (broad SMARTS) is 1. The van der Waals surface area contributed by atoms with Gasteiger partial charge in [-0.2, -0.15) is 0 Å². The minimum atomic E-state index is -1.11. The van der Waals surface area contributed by atoms with Gasteiger partial charge in [-0.3, -0.25) is 14.6 Å². The van der Waals surface area contributed by atoms with Crippen LogP contribution in [0.4, 0.5) is 0 Å². The van der Waals surface area contributed by atoms with Crippen molar-refractivity contribution in [3.05, 3.63) is 53.3 Å². The first-order chi connectivity index (χ1) is 9.45. The molecule has 0 saturated carbocycles. The van der Waals surface area contributed by atoms with Gasteiger partial charge in [0.25, 0.3) is 0 Å². The standard InChI is InChI=1S/C16H15NO3/c1-10-6-14(7-11(2)17-10)12-4-3-5-13(8-12)15(18)9-16(19)20/h3-8H,9H2,1-2H3,(H,19,20). The molecule has 0 atom stereocenters. The van der Waals surface area contributed by atoms with Crippen molar-refractivity contribution < 1.29 is 14.7 Å². The van der Waals surface area contributed by atoms with Gasteiger partial charge in [0.05, 0.1) is 0 Å². The number of carbonyl (C=O) groups excluding carboxylic acids is 1.